The van der Waals surface area contributed by atoms with Crippen LogP contribution in [0, 0.1) is 12.7 Å². The number of anilines is 2. The lowest BCUT2D eigenvalue weighted by molar-refractivity contribution is -0.118. The lowest BCUT2D eigenvalue weighted by Crippen LogP contribution is -2.20. The van der Waals surface area contributed by atoms with Crippen LogP contribution in [0.3, 0.4) is 0 Å². The van der Waals surface area contributed by atoms with Gasteiger partial charge >= 0.3 is 0 Å². The van der Waals surface area contributed by atoms with Crippen molar-refractivity contribution in [1.82, 2.24) is 0 Å². The van der Waals surface area contributed by atoms with Crippen LogP contribution in [0.2, 0.25) is 5.02 Å². The van der Waals surface area contributed by atoms with Crippen LogP contribution in [-0.4, -0.2) is 12.5 Å². The molecule has 0 spiro atoms. The van der Waals surface area contributed by atoms with Gasteiger partial charge in [-0.2, -0.15) is 0 Å². The third-order valence-corrected chi connectivity index (χ3v) is 5.26. The van der Waals surface area contributed by atoms with Gasteiger partial charge in [0.2, 0.25) is 0 Å². The van der Waals surface area contributed by atoms with Gasteiger partial charge in [-0.1, -0.05) is 23.7 Å². The Morgan fingerprint density at radius 2 is 1.90 bits per heavy atom. The van der Waals surface area contributed by atoms with Gasteiger partial charge in [0.25, 0.3) is 5.91 Å². The highest BCUT2D eigenvalue weighted by Crippen LogP contribution is 2.27. The molecular weight excluding hydrogens is 459 g/mol. The van der Waals surface area contributed by atoms with Crippen LogP contribution in [0.1, 0.15) is 11.1 Å². The van der Waals surface area contributed by atoms with Gasteiger partial charge in [-0.05, 0) is 82.5 Å². The van der Waals surface area contributed by atoms with Crippen LogP contribution in [-0.2, 0) is 11.3 Å². The Morgan fingerprint density at radius 1 is 1.14 bits per heavy atom. The number of carbonyl (C=O) groups excluding carboxylic acids is 1. The van der Waals surface area contributed by atoms with Crippen molar-refractivity contribution in [3.63, 3.8) is 0 Å². The molecule has 1 amide bonds. The topological polar surface area (TPSA) is 50.4 Å². The molecule has 0 fully saturated rings. The summed E-state index contributed by atoms with van der Waals surface area (Å²) in [6, 6.07) is 16.9. The Kier molecular flexibility index (Phi) is 7.12. The zero-order valence-electron chi connectivity index (χ0n) is 15.6. The largest absolute Gasteiger partial charge is 0.483 e. The first-order chi connectivity index (χ1) is 13.9. The van der Waals surface area contributed by atoms with E-state index in [1.165, 1.54) is 24.3 Å². The molecule has 3 aromatic carbocycles. The molecule has 0 aliphatic carbocycles. The van der Waals surface area contributed by atoms with Crippen molar-refractivity contribution < 1.29 is 13.9 Å². The van der Waals surface area contributed by atoms with Crippen molar-refractivity contribution in [3.8, 4) is 5.75 Å². The second-order valence-corrected chi connectivity index (χ2v) is 7.64. The second kappa shape index (κ2) is 9.76. The van der Waals surface area contributed by atoms with E-state index in [-0.39, 0.29) is 18.3 Å². The first-order valence-corrected chi connectivity index (χ1v) is 10.0. The van der Waals surface area contributed by atoms with E-state index in [4.69, 9.17) is 16.3 Å². The molecule has 0 aliphatic heterocycles. The lowest BCUT2D eigenvalue weighted by Gasteiger charge is -2.13. The van der Waals surface area contributed by atoms with E-state index in [0.29, 0.717) is 18.0 Å². The van der Waals surface area contributed by atoms with Crippen LogP contribution in [0.5, 0.6) is 5.75 Å². The standard InChI is InChI=1S/C22H19BrClFN2O2/c1-14-19(24)3-2-4-20(14)26-12-15-5-10-21(18(23)11-15)29-13-22(28)27-17-8-6-16(25)7-9-17/h2-11,26H,12-13H2,1H3,(H,27,28). The Morgan fingerprint density at radius 3 is 2.62 bits per heavy atom. The molecule has 4 nitrogen and oxygen atoms in total. The fourth-order valence-electron chi connectivity index (χ4n) is 2.64. The molecule has 0 aliphatic rings. The summed E-state index contributed by atoms with van der Waals surface area (Å²) < 4.78 is 19.2. The normalized spacial score (nSPS) is 10.5. The molecule has 0 heterocycles. The first kappa shape index (κ1) is 21.1. The van der Waals surface area contributed by atoms with Gasteiger partial charge in [-0.25, -0.2) is 4.39 Å². The summed E-state index contributed by atoms with van der Waals surface area (Å²) in [7, 11) is 0. The number of ether oxygens (including phenoxy) is 1. The van der Waals surface area contributed by atoms with Crippen molar-refractivity contribution in [2.75, 3.05) is 17.2 Å². The van der Waals surface area contributed by atoms with Crippen molar-refractivity contribution in [2.24, 2.45) is 0 Å². The smallest absolute Gasteiger partial charge is 0.262 e. The summed E-state index contributed by atoms with van der Waals surface area (Å²) in [5.74, 6) is -0.129. The maximum absolute atomic E-state index is 12.9. The highest BCUT2D eigenvalue weighted by molar-refractivity contribution is 9.10. The van der Waals surface area contributed by atoms with Crippen LogP contribution in [0.4, 0.5) is 15.8 Å². The van der Waals surface area contributed by atoms with Crippen LogP contribution < -0.4 is 15.4 Å². The summed E-state index contributed by atoms with van der Waals surface area (Å²) >= 11 is 9.62. The predicted octanol–water partition coefficient (Wildman–Crippen LogP) is 6.18. The molecule has 0 radical (unpaired) electrons. The average molecular weight is 478 g/mol. The molecule has 0 saturated carbocycles. The minimum Gasteiger partial charge on any atom is -0.483 e. The maximum atomic E-state index is 12.9. The maximum Gasteiger partial charge on any atom is 0.262 e. The average Bonchev–Trinajstić information content (AvgIpc) is 2.70. The van der Waals surface area contributed by atoms with E-state index in [1.807, 2.05) is 37.3 Å². The van der Waals surface area contributed by atoms with E-state index in [9.17, 15) is 9.18 Å². The number of carbonyl (C=O) groups is 1. The number of hydrogen-bond donors (Lipinski definition) is 2. The second-order valence-electron chi connectivity index (χ2n) is 6.37. The highest BCUT2D eigenvalue weighted by atomic mass is 79.9. The van der Waals surface area contributed by atoms with Crippen molar-refractivity contribution in [2.45, 2.75) is 13.5 Å². The van der Waals surface area contributed by atoms with Crippen LogP contribution in [0.25, 0.3) is 0 Å². The van der Waals surface area contributed by atoms with E-state index < -0.39 is 0 Å². The molecule has 0 unspecified atom stereocenters. The zero-order valence-corrected chi connectivity index (χ0v) is 18.0. The summed E-state index contributed by atoms with van der Waals surface area (Å²) in [6.45, 7) is 2.43. The molecule has 0 atom stereocenters. The third kappa shape index (κ3) is 5.95. The van der Waals surface area contributed by atoms with Gasteiger partial charge in [-0.15, -0.1) is 0 Å². The number of nitrogens with one attached hydrogen (secondary N) is 2. The van der Waals surface area contributed by atoms with Crippen LogP contribution >= 0.6 is 27.5 Å². The van der Waals surface area contributed by atoms with Gasteiger partial charge in [-0.3, -0.25) is 4.79 Å². The minimum atomic E-state index is -0.358. The molecule has 3 aromatic rings. The van der Waals surface area contributed by atoms with E-state index >= 15 is 0 Å². The highest BCUT2D eigenvalue weighted by Gasteiger charge is 2.08. The summed E-state index contributed by atoms with van der Waals surface area (Å²) in [6.07, 6.45) is 0. The molecule has 0 bridgehead atoms. The van der Waals surface area contributed by atoms with E-state index in [2.05, 4.69) is 26.6 Å². The van der Waals surface area contributed by atoms with E-state index in [1.54, 1.807) is 6.07 Å². The molecule has 150 valence electrons. The summed E-state index contributed by atoms with van der Waals surface area (Å²) in [5, 5.41) is 6.73. The lowest BCUT2D eigenvalue weighted by atomic mass is 10.1. The summed E-state index contributed by atoms with van der Waals surface area (Å²) in [4.78, 5) is 12.0. The molecule has 0 aromatic heterocycles. The monoisotopic (exact) mass is 476 g/mol. The van der Waals surface area contributed by atoms with Crippen molar-refractivity contribution in [3.05, 3.63) is 87.1 Å². The van der Waals surface area contributed by atoms with Gasteiger partial charge < -0.3 is 15.4 Å². The molecule has 7 heteroatoms. The minimum absolute atomic E-state index is 0.157. The number of hydrogen-bond acceptors (Lipinski definition) is 3. The molecule has 29 heavy (non-hydrogen) atoms. The number of amides is 1. The molecule has 3 rings (SSSR count). The number of halogens is 3. The van der Waals surface area contributed by atoms with Crippen LogP contribution in [0.15, 0.2) is 65.1 Å². The third-order valence-electron chi connectivity index (χ3n) is 4.23. The molecule has 2 N–H and O–H groups in total. The van der Waals surface area contributed by atoms with E-state index in [0.717, 1.165) is 26.3 Å². The Hall–Kier alpha value is -2.57. The van der Waals surface area contributed by atoms with Crippen molar-refractivity contribution >= 4 is 44.8 Å². The van der Waals surface area contributed by atoms with Gasteiger partial charge in [0.1, 0.15) is 11.6 Å². The molecular formula is C22H19BrClFN2O2. The first-order valence-electron chi connectivity index (χ1n) is 8.88. The summed E-state index contributed by atoms with van der Waals surface area (Å²) in [5.41, 5.74) is 3.53. The van der Waals surface area contributed by atoms with Gasteiger partial charge in [0.05, 0.1) is 4.47 Å². The Balaban J connectivity index is 1.54. The number of benzene rings is 3. The molecule has 0 saturated heterocycles. The predicted molar refractivity (Wildman–Crippen MR) is 118 cm³/mol. The van der Waals surface area contributed by atoms with Gasteiger partial charge in [0.15, 0.2) is 6.61 Å². The fourth-order valence-corrected chi connectivity index (χ4v) is 3.36. The number of rotatable bonds is 7. The zero-order chi connectivity index (χ0) is 20.8. The van der Waals surface area contributed by atoms with Gasteiger partial charge in [0, 0.05) is 22.9 Å². The fraction of sp³-hybridized carbons (Fsp3) is 0.136. The van der Waals surface area contributed by atoms with Crippen molar-refractivity contribution in [1.29, 1.82) is 0 Å². The Labute approximate surface area is 182 Å². The SMILES string of the molecule is Cc1c(Cl)cccc1NCc1ccc(OCC(=O)Nc2ccc(F)cc2)c(Br)c1. The quantitative estimate of drug-likeness (QED) is 0.427. The Bertz CT molecular complexity index is 1010.